The van der Waals surface area contributed by atoms with Crippen molar-refractivity contribution in [3.63, 3.8) is 0 Å². The Hall–Kier alpha value is 1.06. The molecule has 0 spiro atoms. The summed E-state index contributed by atoms with van der Waals surface area (Å²) in [7, 11) is 0. The van der Waals surface area contributed by atoms with Crippen molar-refractivity contribution in [2.45, 2.75) is 34.6 Å². The number of halogens is 2. The van der Waals surface area contributed by atoms with Crippen molar-refractivity contribution >= 4 is 0 Å². The van der Waals surface area contributed by atoms with E-state index < -0.39 is 0 Å². The van der Waals surface area contributed by atoms with Crippen molar-refractivity contribution in [2.24, 2.45) is 5.41 Å². The molecule has 0 aliphatic heterocycles. The smallest absolute Gasteiger partial charge is 1.00 e. The van der Waals surface area contributed by atoms with Crippen molar-refractivity contribution in [2.75, 3.05) is 0 Å². The first-order valence-corrected chi connectivity index (χ1v) is 3.75. The predicted octanol–water partition coefficient (Wildman–Crippen LogP) is -2.88. The fourth-order valence-corrected chi connectivity index (χ4v) is 1.41. The Kier molecular flexibility index (Phi) is 9.85. The van der Waals surface area contributed by atoms with E-state index in [1.165, 1.54) is 16.7 Å². The number of hydrogen-bond acceptors (Lipinski definition) is 0. The van der Waals surface area contributed by atoms with E-state index in [1.54, 1.807) is 0 Å². The summed E-state index contributed by atoms with van der Waals surface area (Å²) >= 11 is 0. The molecule has 0 N–H and O–H groups in total. The maximum atomic E-state index is 3.44. The molecule has 0 unspecified atom stereocenters. The Labute approximate surface area is 116 Å². The number of allylic oxidation sites excluding steroid dienone is 4. The van der Waals surface area contributed by atoms with Crippen molar-refractivity contribution < 1.29 is 53.4 Å². The predicted molar refractivity (Wildman–Crippen MR) is 44.6 cm³/mol. The van der Waals surface area contributed by atoms with Crippen LogP contribution >= 0.6 is 0 Å². The SMILES string of the molecule is CC1=[C-]C(C)(C)C(C)=C1C.[Br-].[Br-].[Rh+3]. The molecule has 0 aromatic heterocycles. The van der Waals surface area contributed by atoms with Gasteiger partial charge in [-0.05, 0) is 0 Å². The summed E-state index contributed by atoms with van der Waals surface area (Å²) in [4.78, 5) is 0. The van der Waals surface area contributed by atoms with Gasteiger partial charge < -0.3 is 34.0 Å². The van der Waals surface area contributed by atoms with E-state index in [1.807, 2.05) is 0 Å². The van der Waals surface area contributed by atoms with Crippen LogP contribution in [0, 0.1) is 11.5 Å². The van der Waals surface area contributed by atoms with Gasteiger partial charge in [0, 0.05) is 0 Å². The molecular weight excluding hydrogens is 383 g/mol. The summed E-state index contributed by atoms with van der Waals surface area (Å²) in [6.45, 7) is 10.9. The summed E-state index contributed by atoms with van der Waals surface area (Å²) in [6, 6.07) is 0. The van der Waals surface area contributed by atoms with Crippen molar-refractivity contribution in [1.29, 1.82) is 0 Å². The third-order valence-corrected chi connectivity index (χ3v) is 2.56. The molecule has 0 saturated carbocycles. The Morgan fingerprint density at radius 2 is 1.38 bits per heavy atom. The van der Waals surface area contributed by atoms with Crippen molar-refractivity contribution in [1.82, 2.24) is 0 Å². The molecule has 3 heteroatoms. The minimum Gasteiger partial charge on any atom is -1.00 e. The molecule has 0 saturated heterocycles. The molecule has 0 bridgehead atoms. The van der Waals surface area contributed by atoms with Crippen LogP contribution in [0.25, 0.3) is 0 Å². The van der Waals surface area contributed by atoms with Gasteiger partial charge in [-0.25, -0.2) is 5.57 Å². The minimum absolute atomic E-state index is 0. The van der Waals surface area contributed by atoms with Gasteiger partial charge in [0.25, 0.3) is 0 Å². The number of hydrogen-bond donors (Lipinski definition) is 0. The third kappa shape index (κ3) is 3.97. The van der Waals surface area contributed by atoms with E-state index in [0.29, 0.717) is 0 Å². The van der Waals surface area contributed by atoms with Gasteiger partial charge in [0.15, 0.2) is 0 Å². The zero-order valence-electron chi connectivity index (χ0n) is 8.59. The van der Waals surface area contributed by atoms with E-state index >= 15 is 0 Å². The molecule has 0 aromatic rings. The molecule has 0 heterocycles. The van der Waals surface area contributed by atoms with Crippen LogP contribution in [0.1, 0.15) is 34.6 Å². The molecule has 1 rings (SSSR count). The minimum atomic E-state index is 0. The average Bonchev–Trinajstić information content (AvgIpc) is 1.95. The van der Waals surface area contributed by atoms with Gasteiger partial charge in [-0.3, -0.25) is 6.08 Å². The van der Waals surface area contributed by atoms with Crippen LogP contribution in [0.3, 0.4) is 0 Å². The fraction of sp³-hybridized carbons (Fsp3) is 0.600. The van der Waals surface area contributed by atoms with E-state index in [-0.39, 0.29) is 58.9 Å². The third-order valence-electron chi connectivity index (χ3n) is 2.56. The standard InChI is InChI=1S/C10H15.2BrH.Rh/c1-7-6-10(4,5)9(3)8(7)2;;;/h1-5H3;2*1H;/q-1;;;+3/p-2. The topological polar surface area (TPSA) is 0 Å². The van der Waals surface area contributed by atoms with Crippen LogP contribution in [-0.2, 0) is 19.5 Å². The number of rotatable bonds is 0. The second-order valence-electron chi connectivity index (χ2n) is 3.62. The molecule has 78 valence electrons. The zero-order valence-corrected chi connectivity index (χ0v) is 13.4. The van der Waals surface area contributed by atoms with Crippen molar-refractivity contribution in [3.05, 3.63) is 22.8 Å². The quantitative estimate of drug-likeness (QED) is 0.304. The maximum absolute atomic E-state index is 3.44. The Morgan fingerprint density at radius 3 is 1.46 bits per heavy atom. The average molecular weight is 398 g/mol. The summed E-state index contributed by atoms with van der Waals surface area (Å²) in [5.74, 6) is 0. The van der Waals surface area contributed by atoms with E-state index in [9.17, 15) is 0 Å². The molecule has 1 aliphatic rings. The summed E-state index contributed by atoms with van der Waals surface area (Å²) in [6.07, 6.45) is 3.44. The molecular formula is C10H15Br2Rh. The molecule has 0 amide bonds. The van der Waals surface area contributed by atoms with Crippen LogP contribution in [0.4, 0.5) is 0 Å². The second-order valence-corrected chi connectivity index (χ2v) is 3.62. The van der Waals surface area contributed by atoms with Gasteiger partial charge in [-0.15, -0.1) is 6.92 Å². The van der Waals surface area contributed by atoms with Gasteiger partial charge >= 0.3 is 19.5 Å². The Balaban J connectivity index is -0.000000333. The van der Waals surface area contributed by atoms with Crippen molar-refractivity contribution in [3.8, 4) is 0 Å². The molecule has 0 aromatic carbocycles. The van der Waals surface area contributed by atoms with E-state index in [0.717, 1.165) is 0 Å². The van der Waals surface area contributed by atoms with Gasteiger partial charge in [-0.1, -0.05) is 33.1 Å². The van der Waals surface area contributed by atoms with Crippen LogP contribution < -0.4 is 34.0 Å². The Bertz CT molecular complexity index is 227. The van der Waals surface area contributed by atoms with Crippen LogP contribution in [-0.4, -0.2) is 0 Å². The van der Waals surface area contributed by atoms with Gasteiger partial charge in [0.1, 0.15) is 0 Å². The molecule has 0 fully saturated rings. The molecule has 1 aliphatic carbocycles. The van der Waals surface area contributed by atoms with Gasteiger partial charge in [0.2, 0.25) is 0 Å². The normalized spacial score (nSPS) is 18.1. The zero-order chi connectivity index (χ0) is 7.94. The Morgan fingerprint density at radius 1 is 1.00 bits per heavy atom. The van der Waals surface area contributed by atoms with Gasteiger partial charge in [-0.2, -0.15) is 11.1 Å². The molecule has 0 nitrogen and oxygen atoms in total. The second kappa shape index (κ2) is 6.53. The van der Waals surface area contributed by atoms with E-state index in [2.05, 4.69) is 40.7 Å². The van der Waals surface area contributed by atoms with Crippen LogP contribution in [0.15, 0.2) is 16.7 Å². The first-order chi connectivity index (χ1) is 4.45. The van der Waals surface area contributed by atoms with Crippen LogP contribution in [0.5, 0.6) is 0 Å². The first-order valence-electron chi connectivity index (χ1n) is 3.75. The molecule has 0 radical (unpaired) electrons. The van der Waals surface area contributed by atoms with Gasteiger partial charge in [0.05, 0.1) is 0 Å². The van der Waals surface area contributed by atoms with Crippen LogP contribution in [0.2, 0.25) is 0 Å². The maximum Gasteiger partial charge on any atom is 3.00 e. The fourth-order valence-electron chi connectivity index (χ4n) is 1.41. The van der Waals surface area contributed by atoms with E-state index in [4.69, 9.17) is 0 Å². The monoisotopic (exact) mass is 396 g/mol. The molecule has 13 heavy (non-hydrogen) atoms. The summed E-state index contributed by atoms with van der Waals surface area (Å²) in [5, 5.41) is 0. The molecule has 0 atom stereocenters. The summed E-state index contributed by atoms with van der Waals surface area (Å²) < 4.78 is 0. The first kappa shape index (κ1) is 19.6. The summed E-state index contributed by atoms with van der Waals surface area (Å²) in [5.41, 5.74) is 4.39. The largest absolute Gasteiger partial charge is 3.00 e.